The monoisotopic (exact) mass is 434 g/mol. The number of hydrogen-bond donors (Lipinski definition) is 1. The van der Waals surface area contributed by atoms with Crippen molar-refractivity contribution in [3.63, 3.8) is 0 Å². The molecule has 0 saturated carbocycles. The van der Waals surface area contributed by atoms with Crippen molar-refractivity contribution in [1.82, 2.24) is 19.9 Å². The zero-order chi connectivity index (χ0) is 21.4. The molecular weight excluding hydrogens is 412 g/mol. The van der Waals surface area contributed by atoms with Crippen LogP contribution >= 0.6 is 11.3 Å². The van der Waals surface area contributed by atoms with Gasteiger partial charge in [0.1, 0.15) is 5.82 Å². The Morgan fingerprint density at radius 3 is 2.74 bits per heavy atom. The van der Waals surface area contributed by atoms with Gasteiger partial charge in [-0.3, -0.25) is 9.69 Å². The number of carbonyl (C=O) groups excluding carboxylic acids is 1. The Balaban J connectivity index is 1.30. The molecule has 5 rings (SSSR count). The molecule has 31 heavy (non-hydrogen) atoms. The van der Waals surface area contributed by atoms with Crippen LogP contribution in [-0.4, -0.2) is 46.0 Å². The fourth-order valence-electron chi connectivity index (χ4n) is 4.12. The number of para-hydroxylation sites is 1. The molecule has 4 aromatic rings. The molecule has 1 N–H and O–H groups in total. The van der Waals surface area contributed by atoms with E-state index in [0.29, 0.717) is 34.8 Å². The minimum Gasteiger partial charge on any atom is -0.465 e. The summed E-state index contributed by atoms with van der Waals surface area (Å²) in [5, 5.41) is 1.68. The molecule has 158 valence electrons. The molecule has 1 saturated heterocycles. The SMILES string of the molecule is COC(=O)c1ccc2c(=O)[nH]c(CN3CCC(c4nc5ccccc5s4)CC3)nc2c1. The predicted octanol–water partition coefficient (Wildman–Crippen LogP) is 3.70. The highest BCUT2D eigenvalue weighted by molar-refractivity contribution is 7.18. The first-order valence-corrected chi connectivity index (χ1v) is 11.1. The summed E-state index contributed by atoms with van der Waals surface area (Å²) < 4.78 is 6.01. The number of esters is 1. The summed E-state index contributed by atoms with van der Waals surface area (Å²) in [6.45, 7) is 2.41. The molecule has 0 unspecified atom stereocenters. The van der Waals surface area contributed by atoms with Crippen LogP contribution in [0.3, 0.4) is 0 Å². The highest BCUT2D eigenvalue weighted by Gasteiger charge is 2.24. The maximum atomic E-state index is 12.5. The molecule has 0 amide bonds. The van der Waals surface area contributed by atoms with E-state index >= 15 is 0 Å². The average molecular weight is 435 g/mol. The second-order valence-corrected chi connectivity index (χ2v) is 8.87. The van der Waals surface area contributed by atoms with E-state index in [9.17, 15) is 9.59 Å². The van der Waals surface area contributed by atoms with E-state index in [2.05, 4.69) is 33.1 Å². The van der Waals surface area contributed by atoms with Gasteiger partial charge < -0.3 is 9.72 Å². The van der Waals surface area contributed by atoms with Gasteiger partial charge in [-0.05, 0) is 56.3 Å². The number of rotatable bonds is 4. The van der Waals surface area contributed by atoms with Crippen molar-refractivity contribution in [3.05, 3.63) is 69.2 Å². The number of benzene rings is 2. The molecule has 8 heteroatoms. The Labute approximate surface area is 182 Å². The lowest BCUT2D eigenvalue weighted by Crippen LogP contribution is -2.33. The molecule has 1 aliphatic heterocycles. The van der Waals surface area contributed by atoms with Gasteiger partial charge in [0.15, 0.2) is 0 Å². The fraction of sp³-hybridized carbons (Fsp3) is 0.304. The van der Waals surface area contributed by atoms with Gasteiger partial charge in [0.25, 0.3) is 5.56 Å². The lowest BCUT2D eigenvalue weighted by atomic mass is 9.97. The summed E-state index contributed by atoms with van der Waals surface area (Å²) in [5.74, 6) is 0.639. The summed E-state index contributed by atoms with van der Waals surface area (Å²) in [6.07, 6.45) is 2.06. The number of aromatic amines is 1. The molecule has 3 heterocycles. The molecule has 2 aromatic heterocycles. The third-order valence-corrected chi connectivity index (χ3v) is 7.00. The van der Waals surface area contributed by atoms with E-state index < -0.39 is 5.97 Å². The number of hydrogen-bond acceptors (Lipinski definition) is 7. The lowest BCUT2D eigenvalue weighted by Gasteiger charge is -2.30. The van der Waals surface area contributed by atoms with Crippen molar-refractivity contribution in [1.29, 1.82) is 0 Å². The van der Waals surface area contributed by atoms with Gasteiger partial charge in [-0.15, -0.1) is 11.3 Å². The Morgan fingerprint density at radius 2 is 1.97 bits per heavy atom. The molecule has 2 aromatic carbocycles. The predicted molar refractivity (Wildman–Crippen MR) is 121 cm³/mol. The van der Waals surface area contributed by atoms with Crippen molar-refractivity contribution in [2.75, 3.05) is 20.2 Å². The van der Waals surface area contributed by atoms with E-state index in [1.807, 2.05) is 6.07 Å². The van der Waals surface area contributed by atoms with Crippen LogP contribution in [0, 0.1) is 0 Å². The Kier molecular flexibility index (Phi) is 5.25. The van der Waals surface area contributed by atoms with Crippen LogP contribution in [-0.2, 0) is 11.3 Å². The second-order valence-electron chi connectivity index (χ2n) is 7.81. The topological polar surface area (TPSA) is 88.2 Å². The number of likely N-dealkylation sites (tertiary alicyclic amines) is 1. The van der Waals surface area contributed by atoms with Crippen molar-refractivity contribution < 1.29 is 9.53 Å². The van der Waals surface area contributed by atoms with Crippen LogP contribution < -0.4 is 5.56 Å². The first-order chi connectivity index (χ1) is 15.1. The highest BCUT2D eigenvalue weighted by atomic mass is 32.1. The summed E-state index contributed by atoms with van der Waals surface area (Å²) in [4.78, 5) is 38.9. The number of fused-ring (bicyclic) bond motifs is 2. The van der Waals surface area contributed by atoms with E-state index in [4.69, 9.17) is 9.72 Å². The number of carbonyl (C=O) groups is 1. The number of ether oxygens (including phenoxy) is 1. The third-order valence-electron chi connectivity index (χ3n) is 5.80. The van der Waals surface area contributed by atoms with E-state index in [1.54, 1.807) is 29.5 Å². The molecule has 1 fully saturated rings. The van der Waals surface area contributed by atoms with Crippen molar-refractivity contribution in [3.8, 4) is 0 Å². The van der Waals surface area contributed by atoms with Crippen molar-refractivity contribution in [2.24, 2.45) is 0 Å². The highest BCUT2D eigenvalue weighted by Crippen LogP contribution is 2.34. The zero-order valence-corrected chi connectivity index (χ0v) is 17.9. The maximum Gasteiger partial charge on any atom is 0.337 e. The Hall–Kier alpha value is -3.10. The minimum atomic E-state index is -0.442. The molecule has 7 nitrogen and oxygen atoms in total. The average Bonchev–Trinajstić information content (AvgIpc) is 3.23. The first kappa shape index (κ1) is 19.8. The molecule has 0 radical (unpaired) electrons. The van der Waals surface area contributed by atoms with Gasteiger partial charge in [0.05, 0.1) is 45.3 Å². The van der Waals surface area contributed by atoms with Crippen LogP contribution in [0.15, 0.2) is 47.3 Å². The number of thiazole rings is 1. The molecule has 1 aliphatic rings. The molecule has 0 spiro atoms. The first-order valence-electron chi connectivity index (χ1n) is 10.3. The molecule has 0 aliphatic carbocycles. The number of H-pyrrole nitrogens is 1. The molecule has 0 atom stereocenters. The van der Waals surface area contributed by atoms with Crippen LogP contribution in [0.5, 0.6) is 0 Å². The normalized spacial score (nSPS) is 15.5. The maximum absolute atomic E-state index is 12.5. The minimum absolute atomic E-state index is 0.194. The standard InChI is InChI=1S/C23H22N4O3S/c1-30-23(29)15-6-7-16-18(12-15)24-20(26-21(16)28)13-27-10-8-14(9-11-27)22-25-17-4-2-3-5-19(17)31-22/h2-7,12,14H,8-11,13H2,1H3,(H,24,26,28). The van der Waals surface area contributed by atoms with Gasteiger partial charge in [0, 0.05) is 5.92 Å². The second kappa shape index (κ2) is 8.20. The summed E-state index contributed by atoms with van der Waals surface area (Å²) in [7, 11) is 1.33. The molecule has 0 bridgehead atoms. The van der Waals surface area contributed by atoms with Crippen LogP contribution in [0.2, 0.25) is 0 Å². The number of piperidine rings is 1. The van der Waals surface area contributed by atoms with Gasteiger partial charge in [0.2, 0.25) is 0 Å². The van der Waals surface area contributed by atoms with Gasteiger partial charge in [-0.25, -0.2) is 14.8 Å². The number of aromatic nitrogens is 3. The van der Waals surface area contributed by atoms with Crippen molar-refractivity contribution in [2.45, 2.75) is 25.3 Å². The summed E-state index contributed by atoms with van der Waals surface area (Å²) >= 11 is 1.79. The van der Waals surface area contributed by atoms with Crippen molar-refractivity contribution >= 4 is 38.4 Å². The third kappa shape index (κ3) is 3.96. The molecular formula is C23H22N4O3S. The Morgan fingerprint density at radius 1 is 1.16 bits per heavy atom. The van der Waals surface area contributed by atoms with Crippen LogP contribution in [0.4, 0.5) is 0 Å². The van der Waals surface area contributed by atoms with Crippen LogP contribution in [0.1, 0.15) is 39.9 Å². The van der Waals surface area contributed by atoms with Gasteiger partial charge >= 0.3 is 5.97 Å². The summed E-state index contributed by atoms with van der Waals surface area (Å²) in [5.41, 5.74) is 1.77. The van der Waals surface area contributed by atoms with Gasteiger partial charge in [-0.1, -0.05) is 12.1 Å². The largest absolute Gasteiger partial charge is 0.465 e. The van der Waals surface area contributed by atoms with Crippen LogP contribution in [0.25, 0.3) is 21.1 Å². The Bertz CT molecular complexity index is 1290. The number of nitrogens with one attached hydrogen (secondary N) is 1. The van der Waals surface area contributed by atoms with Gasteiger partial charge in [-0.2, -0.15) is 0 Å². The quantitative estimate of drug-likeness (QED) is 0.493. The number of methoxy groups -OCH3 is 1. The van der Waals surface area contributed by atoms with E-state index in [0.717, 1.165) is 31.4 Å². The number of nitrogens with zero attached hydrogens (tertiary/aromatic N) is 3. The smallest absolute Gasteiger partial charge is 0.337 e. The fourth-order valence-corrected chi connectivity index (χ4v) is 5.26. The summed E-state index contributed by atoms with van der Waals surface area (Å²) in [6, 6.07) is 13.1. The van der Waals surface area contributed by atoms with E-state index in [-0.39, 0.29) is 5.56 Å². The lowest BCUT2D eigenvalue weighted by molar-refractivity contribution is 0.0601. The van der Waals surface area contributed by atoms with E-state index in [1.165, 1.54) is 16.8 Å². The zero-order valence-electron chi connectivity index (χ0n) is 17.1.